The van der Waals surface area contributed by atoms with Crippen molar-refractivity contribution >= 4 is 5.97 Å². The number of fused-ring (bicyclic) bond motifs is 1. The molecule has 2 N–H and O–H groups in total. The first-order chi connectivity index (χ1) is 9.12. The standard InChI is InChI=1S/C15H21NO3/c1-18-13-4-3-11-5-6-15(10-16,8-12(11)7-13)9-14(17)19-2/h3-4,7H,5-6,8-10,16H2,1-2H3. The zero-order valence-electron chi connectivity index (χ0n) is 11.6. The monoisotopic (exact) mass is 263 g/mol. The van der Waals surface area contributed by atoms with Gasteiger partial charge in [-0.05, 0) is 54.5 Å². The summed E-state index contributed by atoms with van der Waals surface area (Å²) in [6, 6.07) is 6.14. The van der Waals surface area contributed by atoms with Crippen molar-refractivity contribution in [3.8, 4) is 5.75 Å². The Balaban J connectivity index is 2.24. The highest BCUT2D eigenvalue weighted by molar-refractivity contribution is 5.70. The van der Waals surface area contributed by atoms with Gasteiger partial charge in [-0.2, -0.15) is 0 Å². The Bertz CT molecular complexity index is 472. The van der Waals surface area contributed by atoms with E-state index >= 15 is 0 Å². The van der Waals surface area contributed by atoms with E-state index in [4.69, 9.17) is 15.2 Å². The Labute approximate surface area is 113 Å². The number of rotatable bonds is 4. The van der Waals surface area contributed by atoms with E-state index in [1.165, 1.54) is 18.2 Å². The number of benzene rings is 1. The lowest BCUT2D eigenvalue weighted by Gasteiger charge is -2.36. The van der Waals surface area contributed by atoms with Crippen molar-refractivity contribution in [3.05, 3.63) is 29.3 Å². The Morgan fingerprint density at radius 1 is 1.37 bits per heavy atom. The second-order valence-electron chi connectivity index (χ2n) is 5.27. The molecule has 0 bridgehead atoms. The van der Waals surface area contributed by atoms with Gasteiger partial charge in [0.25, 0.3) is 0 Å². The van der Waals surface area contributed by atoms with Crippen LogP contribution in [0.5, 0.6) is 5.75 Å². The fourth-order valence-corrected chi connectivity index (χ4v) is 2.81. The third kappa shape index (κ3) is 2.89. The van der Waals surface area contributed by atoms with Crippen molar-refractivity contribution in [1.82, 2.24) is 0 Å². The van der Waals surface area contributed by atoms with E-state index < -0.39 is 0 Å². The van der Waals surface area contributed by atoms with Gasteiger partial charge in [0, 0.05) is 0 Å². The largest absolute Gasteiger partial charge is 0.497 e. The van der Waals surface area contributed by atoms with Crippen LogP contribution in [0.2, 0.25) is 0 Å². The summed E-state index contributed by atoms with van der Waals surface area (Å²) in [6.45, 7) is 0.499. The van der Waals surface area contributed by atoms with E-state index in [1.807, 2.05) is 6.07 Å². The molecule has 4 nitrogen and oxygen atoms in total. The van der Waals surface area contributed by atoms with Crippen LogP contribution < -0.4 is 10.5 Å². The maximum absolute atomic E-state index is 11.6. The number of nitrogens with two attached hydrogens (primary N) is 1. The molecule has 1 aromatic carbocycles. The molecule has 1 aliphatic carbocycles. The van der Waals surface area contributed by atoms with Gasteiger partial charge >= 0.3 is 5.97 Å². The van der Waals surface area contributed by atoms with Crippen LogP contribution in [0.1, 0.15) is 24.0 Å². The SMILES string of the molecule is COC(=O)CC1(CN)CCc2ccc(OC)cc2C1. The molecule has 2 rings (SSSR count). The predicted molar refractivity (Wildman–Crippen MR) is 73.1 cm³/mol. The summed E-state index contributed by atoms with van der Waals surface area (Å²) in [7, 11) is 3.08. The molecular formula is C15H21NO3. The van der Waals surface area contributed by atoms with Crippen molar-refractivity contribution in [2.24, 2.45) is 11.1 Å². The van der Waals surface area contributed by atoms with Crippen LogP contribution in [0.15, 0.2) is 18.2 Å². The molecule has 0 spiro atoms. The first kappa shape index (κ1) is 13.9. The van der Waals surface area contributed by atoms with Crippen LogP contribution in [0.4, 0.5) is 0 Å². The molecule has 1 unspecified atom stereocenters. The van der Waals surface area contributed by atoms with Gasteiger partial charge in [-0.3, -0.25) is 4.79 Å². The highest BCUT2D eigenvalue weighted by Crippen LogP contribution is 2.39. The van der Waals surface area contributed by atoms with Gasteiger partial charge in [0.1, 0.15) is 5.75 Å². The fourth-order valence-electron chi connectivity index (χ4n) is 2.81. The van der Waals surface area contributed by atoms with E-state index in [0.29, 0.717) is 13.0 Å². The van der Waals surface area contributed by atoms with Crippen LogP contribution in [-0.2, 0) is 22.4 Å². The molecule has 1 atom stereocenters. The van der Waals surface area contributed by atoms with E-state index in [2.05, 4.69) is 12.1 Å². The second kappa shape index (κ2) is 5.61. The average Bonchev–Trinajstić information content (AvgIpc) is 2.46. The average molecular weight is 263 g/mol. The number of methoxy groups -OCH3 is 2. The molecule has 0 saturated heterocycles. The smallest absolute Gasteiger partial charge is 0.306 e. The minimum absolute atomic E-state index is 0.174. The lowest BCUT2D eigenvalue weighted by atomic mass is 9.69. The van der Waals surface area contributed by atoms with Gasteiger partial charge in [-0.1, -0.05) is 6.07 Å². The summed E-state index contributed by atoms with van der Waals surface area (Å²) >= 11 is 0. The number of esters is 1. The Kier molecular flexibility index (Phi) is 4.10. The van der Waals surface area contributed by atoms with Gasteiger partial charge in [0.05, 0.1) is 20.6 Å². The van der Waals surface area contributed by atoms with Gasteiger partial charge in [0.2, 0.25) is 0 Å². The normalized spacial score (nSPS) is 21.6. The lowest BCUT2D eigenvalue weighted by molar-refractivity contribution is -0.143. The van der Waals surface area contributed by atoms with Crippen molar-refractivity contribution < 1.29 is 14.3 Å². The van der Waals surface area contributed by atoms with Crippen LogP contribution in [0.3, 0.4) is 0 Å². The third-order valence-electron chi connectivity index (χ3n) is 4.08. The molecule has 104 valence electrons. The number of carbonyl (C=O) groups excluding carboxylic acids is 1. The number of aryl methyl sites for hydroxylation is 1. The molecular weight excluding hydrogens is 242 g/mol. The number of hydrogen-bond donors (Lipinski definition) is 1. The molecule has 1 aromatic rings. The van der Waals surface area contributed by atoms with Gasteiger partial charge < -0.3 is 15.2 Å². The summed E-state index contributed by atoms with van der Waals surface area (Å²) < 4.78 is 10.1. The fraction of sp³-hybridized carbons (Fsp3) is 0.533. The summed E-state index contributed by atoms with van der Waals surface area (Å²) in [5, 5.41) is 0. The van der Waals surface area contributed by atoms with Crippen LogP contribution >= 0.6 is 0 Å². The van der Waals surface area contributed by atoms with E-state index in [0.717, 1.165) is 25.0 Å². The van der Waals surface area contributed by atoms with Crippen molar-refractivity contribution in [1.29, 1.82) is 0 Å². The Morgan fingerprint density at radius 3 is 2.79 bits per heavy atom. The molecule has 0 amide bonds. The van der Waals surface area contributed by atoms with Gasteiger partial charge in [-0.15, -0.1) is 0 Å². The quantitative estimate of drug-likeness (QED) is 0.840. The summed E-state index contributed by atoms with van der Waals surface area (Å²) in [6.07, 6.45) is 3.08. The highest BCUT2D eigenvalue weighted by Gasteiger charge is 2.35. The molecule has 4 heteroatoms. The Hall–Kier alpha value is -1.55. The highest BCUT2D eigenvalue weighted by atomic mass is 16.5. The van der Waals surface area contributed by atoms with Crippen molar-refractivity contribution in [2.45, 2.75) is 25.7 Å². The topological polar surface area (TPSA) is 61.5 Å². The minimum Gasteiger partial charge on any atom is -0.497 e. The van der Waals surface area contributed by atoms with E-state index in [-0.39, 0.29) is 11.4 Å². The van der Waals surface area contributed by atoms with Gasteiger partial charge in [-0.25, -0.2) is 0 Å². The molecule has 0 saturated carbocycles. The molecule has 0 aliphatic heterocycles. The summed E-state index contributed by atoms with van der Waals surface area (Å²) in [5.74, 6) is 0.668. The number of ether oxygens (including phenoxy) is 2. The first-order valence-electron chi connectivity index (χ1n) is 6.55. The van der Waals surface area contributed by atoms with Gasteiger partial charge in [0.15, 0.2) is 0 Å². The van der Waals surface area contributed by atoms with Crippen LogP contribution in [0.25, 0.3) is 0 Å². The van der Waals surface area contributed by atoms with E-state index in [9.17, 15) is 4.79 Å². The zero-order valence-corrected chi connectivity index (χ0v) is 11.6. The maximum atomic E-state index is 11.6. The summed E-state index contributed by atoms with van der Waals surface area (Å²) in [5.41, 5.74) is 8.32. The molecule has 0 heterocycles. The minimum atomic E-state index is -0.184. The predicted octanol–water partition coefficient (Wildman–Crippen LogP) is 1.69. The lowest BCUT2D eigenvalue weighted by Crippen LogP contribution is -2.38. The van der Waals surface area contributed by atoms with E-state index in [1.54, 1.807) is 7.11 Å². The molecule has 19 heavy (non-hydrogen) atoms. The van der Waals surface area contributed by atoms with Crippen LogP contribution in [0, 0.1) is 5.41 Å². The molecule has 0 fully saturated rings. The number of carbonyl (C=O) groups is 1. The Morgan fingerprint density at radius 2 is 2.16 bits per heavy atom. The zero-order chi connectivity index (χ0) is 13.9. The molecule has 0 radical (unpaired) electrons. The third-order valence-corrected chi connectivity index (χ3v) is 4.08. The molecule has 1 aliphatic rings. The number of hydrogen-bond acceptors (Lipinski definition) is 4. The maximum Gasteiger partial charge on any atom is 0.306 e. The summed E-state index contributed by atoms with van der Waals surface area (Å²) in [4.78, 5) is 11.6. The van der Waals surface area contributed by atoms with Crippen LogP contribution in [-0.4, -0.2) is 26.7 Å². The molecule has 0 aromatic heterocycles. The van der Waals surface area contributed by atoms with Crippen molar-refractivity contribution in [2.75, 3.05) is 20.8 Å². The van der Waals surface area contributed by atoms with Crippen molar-refractivity contribution in [3.63, 3.8) is 0 Å². The second-order valence-corrected chi connectivity index (χ2v) is 5.27. The first-order valence-corrected chi connectivity index (χ1v) is 6.55.